The van der Waals surface area contributed by atoms with Gasteiger partial charge in [0.1, 0.15) is 0 Å². The first-order valence-corrected chi connectivity index (χ1v) is 5.56. The minimum Gasteiger partial charge on any atom is -0.489 e. The highest BCUT2D eigenvalue weighted by Crippen LogP contribution is 2.30. The second-order valence-corrected chi connectivity index (χ2v) is 4.63. The molecule has 0 saturated carbocycles. The van der Waals surface area contributed by atoms with E-state index in [1.54, 1.807) is 0 Å². The number of hydrogen-bond acceptors (Lipinski definition) is 2. The quantitative estimate of drug-likeness (QED) is 0.925. The number of carboxylic acids is 1. The van der Waals surface area contributed by atoms with Crippen molar-refractivity contribution in [2.75, 3.05) is 6.61 Å². The Kier molecular flexibility index (Phi) is 4.29. The molecule has 0 unspecified atom stereocenters. The third-order valence-corrected chi connectivity index (χ3v) is 2.40. The summed E-state index contributed by atoms with van der Waals surface area (Å²) in [4.78, 5) is 10.7. The van der Waals surface area contributed by atoms with Gasteiger partial charge in [0, 0.05) is 0 Å². The number of hydrogen-bond donors (Lipinski definition) is 1. The summed E-state index contributed by atoms with van der Waals surface area (Å²) in [5.41, 5.74) is -0.110. The molecule has 1 aromatic carbocycles. The van der Waals surface area contributed by atoms with Crippen molar-refractivity contribution in [3.63, 3.8) is 0 Å². The van der Waals surface area contributed by atoms with E-state index in [1.165, 1.54) is 6.07 Å². The Morgan fingerprint density at radius 1 is 1.56 bits per heavy atom. The fraction of sp³-hybridized carbons (Fsp3) is 0.364. The van der Waals surface area contributed by atoms with Crippen LogP contribution in [0.25, 0.3) is 0 Å². The molecule has 16 heavy (non-hydrogen) atoms. The van der Waals surface area contributed by atoms with E-state index in [0.717, 1.165) is 6.07 Å². The molecule has 0 aliphatic rings. The van der Waals surface area contributed by atoms with Gasteiger partial charge in [-0.05, 0) is 34.0 Å². The molecular formula is C11H12BrFO3. The zero-order chi connectivity index (χ0) is 12.3. The second-order valence-electron chi connectivity index (χ2n) is 3.78. The van der Waals surface area contributed by atoms with Crippen LogP contribution >= 0.6 is 15.9 Å². The van der Waals surface area contributed by atoms with Gasteiger partial charge in [0.2, 0.25) is 0 Å². The number of carbonyl (C=O) groups is 1. The van der Waals surface area contributed by atoms with E-state index < -0.39 is 11.8 Å². The van der Waals surface area contributed by atoms with Crippen LogP contribution in [-0.2, 0) is 0 Å². The molecule has 0 fully saturated rings. The summed E-state index contributed by atoms with van der Waals surface area (Å²) in [6.07, 6.45) is 0. The van der Waals surface area contributed by atoms with Crippen LogP contribution in [0.2, 0.25) is 0 Å². The summed E-state index contributed by atoms with van der Waals surface area (Å²) in [5, 5.41) is 8.71. The van der Waals surface area contributed by atoms with Crippen LogP contribution in [0.4, 0.5) is 4.39 Å². The Morgan fingerprint density at radius 2 is 2.19 bits per heavy atom. The maximum absolute atomic E-state index is 13.5. The van der Waals surface area contributed by atoms with E-state index in [1.807, 2.05) is 13.8 Å². The van der Waals surface area contributed by atoms with Crippen molar-refractivity contribution in [3.05, 3.63) is 28.0 Å². The molecule has 1 rings (SSSR count). The SMILES string of the molecule is CC(C)COc1c(F)cc(C(=O)O)cc1Br. The van der Waals surface area contributed by atoms with Crippen molar-refractivity contribution in [1.82, 2.24) is 0 Å². The van der Waals surface area contributed by atoms with Crippen molar-refractivity contribution in [2.24, 2.45) is 5.92 Å². The summed E-state index contributed by atoms with van der Waals surface area (Å²) in [6.45, 7) is 4.26. The molecule has 0 atom stereocenters. The predicted octanol–water partition coefficient (Wildman–Crippen LogP) is 3.32. The van der Waals surface area contributed by atoms with Crippen molar-refractivity contribution >= 4 is 21.9 Å². The molecule has 0 amide bonds. The van der Waals surface area contributed by atoms with E-state index in [2.05, 4.69) is 15.9 Å². The van der Waals surface area contributed by atoms with Gasteiger partial charge in [-0.1, -0.05) is 13.8 Å². The zero-order valence-corrected chi connectivity index (χ0v) is 10.5. The predicted molar refractivity (Wildman–Crippen MR) is 61.4 cm³/mol. The van der Waals surface area contributed by atoms with Gasteiger partial charge in [0.05, 0.1) is 16.6 Å². The molecule has 0 aliphatic carbocycles. The van der Waals surface area contributed by atoms with Gasteiger partial charge in [-0.25, -0.2) is 9.18 Å². The molecule has 3 nitrogen and oxygen atoms in total. The number of benzene rings is 1. The summed E-state index contributed by atoms with van der Waals surface area (Å²) < 4.78 is 19.1. The Morgan fingerprint density at radius 3 is 2.62 bits per heavy atom. The third-order valence-electron chi connectivity index (χ3n) is 1.81. The Balaban J connectivity index is 2.98. The molecule has 0 heterocycles. The van der Waals surface area contributed by atoms with Gasteiger partial charge in [-0.15, -0.1) is 0 Å². The lowest BCUT2D eigenvalue weighted by Crippen LogP contribution is -2.07. The molecule has 0 aromatic heterocycles. The number of rotatable bonds is 4. The number of ether oxygens (including phenoxy) is 1. The molecule has 5 heteroatoms. The lowest BCUT2D eigenvalue weighted by Gasteiger charge is -2.11. The Labute approximate surface area is 101 Å². The van der Waals surface area contributed by atoms with Gasteiger partial charge >= 0.3 is 5.97 Å². The zero-order valence-electron chi connectivity index (χ0n) is 8.96. The lowest BCUT2D eigenvalue weighted by atomic mass is 10.2. The first-order chi connectivity index (χ1) is 7.41. The minimum absolute atomic E-state index is 0.0544. The van der Waals surface area contributed by atoms with Gasteiger partial charge < -0.3 is 9.84 Å². The van der Waals surface area contributed by atoms with Gasteiger partial charge in [0.15, 0.2) is 11.6 Å². The van der Waals surface area contributed by atoms with Gasteiger partial charge in [-0.3, -0.25) is 0 Å². The van der Waals surface area contributed by atoms with Crippen LogP contribution in [0.5, 0.6) is 5.75 Å². The van der Waals surface area contributed by atoms with Gasteiger partial charge in [-0.2, -0.15) is 0 Å². The molecule has 88 valence electrons. The maximum Gasteiger partial charge on any atom is 0.335 e. The van der Waals surface area contributed by atoms with Crippen LogP contribution in [0.15, 0.2) is 16.6 Å². The van der Waals surface area contributed by atoms with E-state index >= 15 is 0 Å². The van der Waals surface area contributed by atoms with Crippen LogP contribution in [0, 0.1) is 11.7 Å². The molecule has 0 aliphatic heterocycles. The molecule has 1 aromatic rings. The number of carboxylic acid groups (broad SMARTS) is 1. The third kappa shape index (κ3) is 3.20. The number of halogens is 2. The smallest absolute Gasteiger partial charge is 0.335 e. The van der Waals surface area contributed by atoms with Crippen LogP contribution in [0.1, 0.15) is 24.2 Å². The first kappa shape index (κ1) is 13.0. The van der Waals surface area contributed by atoms with Crippen LogP contribution in [0.3, 0.4) is 0 Å². The fourth-order valence-corrected chi connectivity index (χ4v) is 1.62. The highest BCUT2D eigenvalue weighted by molar-refractivity contribution is 9.10. The largest absolute Gasteiger partial charge is 0.489 e. The standard InChI is InChI=1S/C11H12BrFO3/c1-6(2)5-16-10-8(12)3-7(11(14)15)4-9(10)13/h3-4,6H,5H2,1-2H3,(H,14,15). The molecule has 0 bridgehead atoms. The van der Waals surface area contributed by atoms with Crippen molar-refractivity contribution in [3.8, 4) is 5.75 Å². The van der Waals surface area contributed by atoms with E-state index in [-0.39, 0.29) is 17.2 Å². The van der Waals surface area contributed by atoms with E-state index in [9.17, 15) is 9.18 Å². The first-order valence-electron chi connectivity index (χ1n) is 4.77. The Bertz CT molecular complexity index is 381. The lowest BCUT2D eigenvalue weighted by molar-refractivity contribution is 0.0696. The van der Waals surface area contributed by atoms with E-state index in [0.29, 0.717) is 11.1 Å². The highest BCUT2D eigenvalue weighted by atomic mass is 79.9. The summed E-state index contributed by atoms with van der Waals surface area (Å²) in [5.74, 6) is -1.52. The summed E-state index contributed by atoms with van der Waals surface area (Å²) in [7, 11) is 0. The molecule has 0 radical (unpaired) electrons. The highest BCUT2D eigenvalue weighted by Gasteiger charge is 2.14. The van der Waals surface area contributed by atoms with Crippen LogP contribution < -0.4 is 4.74 Å². The monoisotopic (exact) mass is 290 g/mol. The molecule has 0 saturated heterocycles. The average molecular weight is 291 g/mol. The van der Waals surface area contributed by atoms with Crippen molar-refractivity contribution < 1.29 is 19.0 Å². The van der Waals surface area contributed by atoms with Crippen molar-refractivity contribution in [1.29, 1.82) is 0 Å². The summed E-state index contributed by atoms with van der Waals surface area (Å²) in [6, 6.07) is 2.27. The van der Waals surface area contributed by atoms with Gasteiger partial charge in [0.25, 0.3) is 0 Å². The molecule has 1 N–H and O–H groups in total. The fourth-order valence-electron chi connectivity index (χ4n) is 1.07. The molecular weight excluding hydrogens is 279 g/mol. The average Bonchev–Trinajstić information content (AvgIpc) is 2.15. The minimum atomic E-state index is -1.17. The van der Waals surface area contributed by atoms with E-state index in [4.69, 9.17) is 9.84 Å². The Hall–Kier alpha value is -1.10. The maximum atomic E-state index is 13.5. The molecule has 0 spiro atoms. The van der Waals surface area contributed by atoms with Crippen molar-refractivity contribution in [2.45, 2.75) is 13.8 Å². The summed E-state index contributed by atoms with van der Waals surface area (Å²) >= 11 is 3.09. The topological polar surface area (TPSA) is 46.5 Å². The number of aromatic carboxylic acids is 1. The van der Waals surface area contributed by atoms with Crippen LogP contribution in [-0.4, -0.2) is 17.7 Å². The second kappa shape index (κ2) is 5.30. The normalized spacial score (nSPS) is 10.6.